The summed E-state index contributed by atoms with van der Waals surface area (Å²) < 4.78 is 25.1. The van der Waals surface area contributed by atoms with Gasteiger partial charge in [-0.3, -0.25) is 0 Å². The van der Waals surface area contributed by atoms with Crippen molar-refractivity contribution in [3.63, 3.8) is 0 Å². The third-order valence-corrected chi connectivity index (χ3v) is 2.81. The molecule has 1 aromatic carbocycles. The van der Waals surface area contributed by atoms with Gasteiger partial charge in [-0.05, 0) is 31.5 Å². The van der Waals surface area contributed by atoms with E-state index >= 15 is 0 Å². The molecule has 0 bridgehead atoms. The lowest BCUT2D eigenvalue weighted by atomic mass is 10.2. The molecule has 0 spiro atoms. The van der Waals surface area contributed by atoms with Crippen LogP contribution in [0.15, 0.2) is 29.2 Å². The van der Waals surface area contributed by atoms with Crippen molar-refractivity contribution in [3.8, 4) is 12.0 Å². The Kier molecular flexibility index (Phi) is 3.15. The van der Waals surface area contributed by atoms with E-state index in [2.05, 4.69) is 23.6 Å². The number of nitrogens with one attached hydrogen (secondary N) is 1. The maximum atomic E-state index is 11.5. The Bertz CT molecular complexity index is 463. The molecule has 0 amide bonds. The van der Waals surface area contributed by atoms with Crippen LogP contribution < -0.4 is 4.72 Å². The second-order valence-corrected chi connectivity index (χ2v) is 4.31. The van der Waals surface area contributed by atoms with Crippen molar-refractivity contribution >= 4 is 10.0 Å². The summed E-state index contributed by atoms with van der Waals surface area (Å²) in [6.45, 7) is 5.22. The number of benzene rings is 1. The minimum Gasteiger partial charge on any atom is -0.238 e. The lowest BCUT2D eigenvalue weighted by Crippen LogP contribution is -2.18. The van der Waals surface area contributed by atoms with Crippen molar-refractivity contribution in [3.05, 3.63) is 36.8 Å². The highest BCUT2D eigenvalue weighted by atomic mass is 32.2. The summed E-state index contributed by atoms with van der Waals surface area (Å²) in [5.74, 6) is 2.45. The van der Waals surface area contributed by atoms with Crippen LogP contribution in [0.4, 0.5) is 0 Å². The largest absolute Gasteiger partial charge is 0.268 e. The first-order chi connectivity index (χ1) is 6.56. The Hall–Kier alpha value is -1.47. The molecular formula is C10H10NO2S. The van der Waals surface area contributed by atoms with Crippen molar-refractivity contribution < 1.29 is 8.42 Å². The number of rotatable bonds is 2. The fraction of sp³-hybridized carbons (Fsp3) is 0.100. The molecule has 4 heteroatoms. The van der Waals surface area contributed by atoms with E-state index < -0.39 is 10.0 Å². The molecule has 0 aromatic heterocycles. The zero-order valence-electron chi connectivity index (χ0n) is 7.74. The van der Waals surface area contributed by atoms with Gasteiger partial charge in [0.05, 0.1) is 4.90 Å². The maximum Gasteiger partial charge on any atom is 0.268 e. The quantitative estimate of drug-likeness (QED) is 0.585. The van der Waals surface area contributed by atoms with Crippen LogP contribution in [-0.4, -0.2) is 8.42 Å². The Morgan fingerprint density at radius 1 is 1.29 bits per heavy atom. The first-order valence-corrected chi connectivity index (χ1v) is 5.40. The molecule has 73 valence electrons. The zero-order chi connectivity index (χ0) is 10.6. The van der Waals surface area contributed by atoms with Crippen molar-refractivity contribution in [2.75, 3.05) is 0 Å². The third-order valence-electron chi connectivity index (χ3n) is 1.54. The van der Waals surface area contributed by atoms with Crippen molar-refractivity contribution in [1.82, 2.24) is 4.72 Å². The lowest BCUT2D eigenvalue weighted by molar-refractivity contribution is 0.591. The molecule has 1 rings (SSSR count). The van der Waals surface area contributed by atoms with Crippen LogP contribution in [0, 0.1) is 18.9 Å². The van der Waals surface area contributed by atoms with Crippen LogP contribution in [0.2, 0.25) is 0 Å². The average molecular weight is 208 g/mol. The molecule has 0 aliphatic heterocycles. The number of sulfonamides is 1. The van der Waals surface area contributed by atoms with E-state index in [1.807, 2.05) is 0 Å². The highest BCUT2D eigenvalue weighted by molar-refractivity contribution is 7.89. The van der Waals surface area contributed by atoms with E-state index in [1.165, 1.54) is 12.1 Å². The van der Waals surface area contributed by atoms with Crippen LogP contribution in [0.1, 0.15) is 12.5 Å². The zero-order valence-corrected chi connectivity index (χ0v) is 8.56. The fourth-order valence-corrected chi connectivity index (χ4v) is 1.69. The smallest absolute Gasteiger partial charge is 0.238 e. The van der Waals surface area contributed by atoms with Crippen molar-refractivity contribution in [1.29, 1.82) is 0 Å². The van der Waals surface area contributed by atoms with Crippen molar-refractivity contribution in [2.45, 2.75) is 11.8 Å². The molecule has 1 radical (unpaired) electrons. The van der Waals surface area contributed by atoms with Gasteiger partial charge >= 0.3 is 0 Å². The average Bonchev–Trinajstić information content (AvgIpc) is 2.16. The van der Waals surface area contributed by atoms with E-state index in [0.29, 0.717) is 0 Å². The second-order valence-electron chi connectivity index (χ2n) is 2.62. The van der Waals surface area contributed by atoms with Crippen molar-refractivity contribution in [2.24, 2.45) is 0 Å². The molecule has 0 saturated carbocycles. The summed E-state index contributed by atoms with van der Waals surface area (Å²) in [4.78, 5) is 0.188. The molecule has 0 unspecified atom stereocenters. The molecular weight excluding hydrogens is 198 g/mol. The normalized spacial score (nSPS) is 10.1. The molecule has 0 heterocycles. The van der Waals surface area contributed by atoms with E-state index in [-0.39, 0.29) is 4.90 Å². The van der Waals surface area contributed by atoms with Gasteiger partial charge in [-0.15, -0.1) is 0 Å². The Labute approximate surface area is 84.2 Å². The topological polar surface area (TPSA) is 46.2 Å². The van der Waals surface area contributed by atoms with Gasteiger partial charge in [0.1, 0.15) is 0 Å². The van der Waals surface area contributed by atoms with Gasteiger partial charge in [0.15, 0.2) is 0 Å². The fourth-order valence-electron chi connectivity index (χ4n) is 0.846. The molecule has 14 heavy (non-hydrogen) atoms. The maximum absolute atomic E-state index is 11.5. The SMILES string of the molecule is [CH2]c1ccc(S(=O)(=O)NC#CC)cc1. The minimum atomic E-state index is -3.49. The van der Waals surface area contributed by atoms with Crippen LogP contribution in [-0.2, 0) is 10.0 Å². The predicted molar refractivity (Wildman–Crippen MR) is 54.7 cm³/mol. The standard InChI is InChI=1S/C10H10NO2S/c1-3-8-11-14(12,13)10-6-4-9(2)5-7-10/h4-7,11H,2H2,1H3. The molecule has 0 atom stereocenters. The Balaban J connectivity index is 3.03. The van der Waals surface area contributed by atoms with E-state index in [9.17, 15) is 8.42 Å². The van der Waals surface area contributed by atoms with E-state index in [1.54, 1.807) is 19.1 Å². The van der Waals surface area contributed by atoms with Crippen LogP contribution in [0.25, 0.3) is 0 Å². The second kappa shape index (κ2) is 4.16. The molecule has 3 nitrogen and oxygen atoms in total. The van der Waals surface area contributed by atoms with E-state index in [0.717, 1.165) is 5.56 Å². The summed E-state index contributed by atoms with van der Waals surface area (Å²) in [5.41, 5.74) is 0.769. The monoisotopic (exact) mass is 208 g/mol. The van der Waals surface area contributed by atoms with Crippen LogP contribution >= 0.6 is 0 Å². The highest BCUT2D eigenvalue weighted by Crippen LogP contribution is 2.08. The lowest BCUT2D eigenvalue weighted by Gasteiger charge is -2.01. The van der Waals surface area contributed by atoms with Gasteiger partial charge in [0, 0.05) is 6.04 Å². The summed E-state index contributed by atoms with van der Waals surface area (Å²) in [7, 11) is -3.49. The molecule has 1 N–H and O–H groups in total. The predicted octanol–water partition coefficient (Wildman–Crippen LogP) is 1.13. The van der Waals surface area contributed by atoms with Gasteiger partial charge in [-0.25, -0.2) is 13.1 Å². The first-order valence-electron chi connectivity index (χ1n) is 3.92. The van der Waals surface area contributed by atoms with Gasteiger partial charge in [0.25, 0.3) is 10.0 Å². The Morgan fingerprint density at radius 2 is 1.86 bits per heavy atom. The molecule has 0 aliphatic rings. The summed E-state index contributed by atoms with van der Waals surface area (Å²) in [6, 6.07) is 8.54. The van der Waals surface area contributed by atoms with Gasteiger partial charge in [-0.1, -0.05) is 18.1 Å². The van der Waals surface area contributed by atoms with E-state index in [4.69, 9.17) is 0 Å². The van der Waals surface area contributed by atoms with Gasteiger partial charge in [0.2, 0.25) is 0 Å². The molecule has 0 aliphatic carbocycles. The summed E-state index contributed by atoms with van der Waals surface area (Å²) in [5, 5.41) is 0. The molecule has 0 saturated heterocycles. The molecule has 1 aromatic rings. The minimum absolute atomic E-state index is 0.188. The van der Waals surface area contributed by atoms with Crippen LogP contribution in [0.3, 0.4) is 0 Å². The number of hydrogen-bond donors (Lipinski definition) is 1. The molecule has 0 fully saturated rings. The summed E-state index contributed by atoms with van der Waals surface area (Å²) in [6.07, 6.45) is 0. The third kappa shape index (κ3) is 2.51. The first kappa shape index (κ1) is 10.6. The number of hydrogen-bond acceptors (Lipinski definition) is 2. The van der Waals surface area contributed by atoms with Gasteiger partial charge in [-0.2, -0.15) is 0 Å². The van der Waals surface area contributed by atoms with Gasteiger partial charge < -0.3 is 0 Å². The summed E-state index contributed by atoms with van der Waals surface area (Å²) >= 11 is 0. The van der Waals surface area contributed by atoms with Crippen LogP contribution in [0.5, 0.6) is 0 Å². The highest BCUT2D eigenvalue weighted by Gasteiger charge is 2.10. The Morgan fingerprint density at radius 3 is 2.36 bits per heavy atom.